The van der Waals surface area contributed by atoms with Crippen LogP contribution < -0.4 is 10.6 Å². The van der Waals surface area contributed by atoms with Gasteiger partial charge >= 0.3 is 0 Å². The van der Waals surface area contributed by atoms with E-state index in [1.165, 1.54) is 11.6 Å². The minimum absolute atomic E-state index is 0.0632. The monoisotopic (exact) mass is 568 g/mol. The van der Waals surface area contributed by atoms with Crippen LogP contribution in [0, 0.1) is 5.82 Å². The number of fused-ring (bicyclic) bond motifs is 1. The molecule has 9 heteroatoms. The summed E-state index contributed by atoms with van der Waals surface area (Å²) in [6, 6.07) is 14.7. The van der Waals surface area contributed by atoms with Gasteiger partial charge < -0.3 is 29.7 Å². The Hall–Kier alpha value is -2.82. The van der Waals surface area contributed by atoms with E-state index in [0.717, 1.165) is 42.7 Å². The molecule has 1 heterocycles. The van der Waals surface area contributed by atoms with Gasteiger partial charge in [0.25, 0.3) is 0 Å². The number of nitrogens with one attached hydrogen (secondary N) is 2. The summed E-state index contributed by atoms with van der Waals surface area (Å²) in [7, 11) is 4.29. The van der Waals surface area contributed by atoms with Gasteiger partial charge in [0.1, 0.15) is 5.82 Å². The molecule has 2 aliphatic rings. The van der Waals surface area contributed by atoms with Gasteiger partial charge in [0.15, 0.2) is 0 Å². The van der Waals surface area contributed by atoms with Crippen molar-refractivity contribution in [3.05, 3.63) is 77.6 Å². The number of carbonyl (C=O) groups excluding carboxylic acids is 1. The highest BCUT2D eigenvalue weighted by Gasteiger charge is 2.41. The molecular weight excluding hydrogens is 523 g/mol. The molecule has 2 N–H and O–H groups in total. The number of likely N-dealkylation sites (N-methyl/N-ethyl adjacent to an activating group) is 1. The molecule has 1 fully saturated rings. The van der Waals surface area contributed by atoms with Gasteiger partial charge in [0, 0.05) is 55.4 Å². The Balaban J connectivity index is 1.16. The van der Waals surface area contributed by atoms with Crippen LogP contribution in [0.1, 0.15) is 35.1 Å². The van der Waals surface area contributed by atoms with Crippen LogP contribution in [0.15, 0.2) is 55.1 Å². The number of ether oxygens (including phenoxy) is 3. The van der Waals surface area contributed by atoms with E-state index in [9.17, 15) is 9.18 Å². The van der Waals surface area contributed by atoms with Crippen molar-refractivity contribution >= 4 is 11.6 Å². The average molecular weight is 569 g/mol. The molecule has 2 aromatic carbocycles. The Labute approximate surface area is 243 Å². The zero-order valence-electron chi connectivity index (χ0n) is 24.4. The predicted molar refractivity (Wildman–Crippen MR) is 160 cm³/mol. The number of aryl methyl sites for hydroxylation is 1. The molecule has 1 aliphatic heterocycles. The van der Waals surface area contributed by atoms with Crippen molar-refractivity contribution in [2.45, 2.75) is 30.8 Å². The number of nitrogens with zero attached hydrogens (tertiary/aromatic N) is 2. The van der Waals surface area contributed by atoms with Crippen molar-refractivity contribution in [1.82, 2.24) is 15.1 Å². The van der Waals surface area contributed by atoms with Crippen molar-refractivity contribution in [1.29, 1.82) is 0 Å². The summed E-state index contributed by atoms with van der Waals surface area (Å²) in [6.45, 7) is 9.41. The molecule has 0 unspecified atom stereocenters. The summed E-state index contributed by atoms with van der Waals surface area (Å²) in [5.74, 6) is 0.0880. The largest absolute Gasteiger partial charge is 0.383 e. The number of amides is 1. The van der Waals surface area contributed by atoms with Crippen LogP contribution in [0.5, 0.6) is 0 Å². The third-order valence-corrected chi connectivity index (χ3v) is 7.95. The maximum absolute atomic E-state index is 14.8. The number of anilines is 1. The molecule has 1 amide bonds. The fourth-order valence-corrected chi connectivity index (χ4v) is 5.90. The van der Waals surface area contributed by atoms with E-state index in [1.54, 1.807) is 6.07 Å². The van der Waals surface area contributed by atoms with Crippen molar-refractivity contribution in [3.8, 4) is 0 Å². The Kier molecular flexibility index (Phi) is 12.1. The van der Waals surface area contributed by atoms with Gasteiger partial charge in [-0.3, -0.25) is 9.69 Å². The first-order valence-electron chi connectivity index (χ1n) is 14.6. The van der Waals surface area contributed by atoms with Gasteiger partial charge in [-0.25, -0.2) is 4.39 Å². The number of hydrogen-bond donors (Lipinski definition) is 2. The van der Waals surface area contributed by atoms with Crippen LogP contribution in [-0.2, 0) is 25.4 Å². The summed E-state index contributed by atoms with van der Waals surface area (Å²) in [5, 5.41) is 6.13. The summed E-state index contributed by atoms with van der Waals surface area (Å²) in [4.78, 5) is 15.8. The fourth-order valence-electron chi connectivity index (χ4n) is 5.90. The van der Waals surface area contributed by atoms with E-state index in [-0.39, 0.29) is 17.8 Å². The van der Waals surface area contributed by atoms with Gasteiger partial charge in [-0.2, -0.15) is 0 Å². The maximum Gasteiger partial charge on any atom is 0.243 e. The SMILES string of the molecule is C=CC(=O)NCCOCCOCCOCCNc1cccc([C@H]2CN([C@H]3CCc4cccc(F)c43)C[C@@H]2N(C)C)c1. The lowest BCUT2D eigenvalue weighted by molar-refractivity contribution is -0.116. The van der Waals surface area contributed by atoms with Crippen molar-refractivity contribution < 1.29 is 23.4 Å². The highest BCUT2D eigenvalue weighted by Crippen LogP contribution is 2.42. The normalized spacial score (nSPS) is 20.3. The third kappa shape index (κ3) is 8.83. The van der Waals surface area contributed by atoms with E-state index in [2.05, 4.69) is 71.4 Å². The number of likely N-dealkylation sites (tertiary alicyclic amines) is 1. The van der Waals surface area contributed by atoms with Crippen LogP contribution in [0.2, 0.25) is 0 Å². The first kappa shape index (κ1) is 31.1. The summed E-state index contributed by atoms with van der Waals surface area (Å²) < 4.78 is 31.4. The van der Waals surface area contributed by atoms with E-state index < -0.39 is 0 Å². The molecule has 41 heavy (non-hydrogen) atoms. The molecule has 0 saturated carbocycles. The Morgan fingerprint density at radius 2 is 1.73 bits per heavy atom. The van der Waals surface area contributed by atoms with Crippen LogP contribution in [0.25, 0.3) is 0 Å². The molecule has 0 radical (unpaired) electrons. The van der Waals surface area contributed by atoms with Gasteiger partial charge in [-0.05, 0) is 62.3 Å². The third-order valence-electron chi connectivity index (χ3n) is 7.95. The van der Waals surface area contributed by atoms with E-state index in [4.69, 9.17) is 14.2 Å². The number of hydrogen-bond acceptors (Lipinski definition) is 7. The highest BCUT2D eigenvalue weighted by molar-refractivity contribution is 5.86. The molecule has 1 aliphatic carbocycles. The van der Waals surface area contributed by atoms with E-state index in [1.807, 2.05) is 6.07 Å². The number of carbonyl (C=O) groups is 1. The molecule has 0 aromatic heterocycles. The smallest absolute Gasteiger partial charge is 0.243 e. The summed E-state index contributed by atoms with van der Waals surface area (Å²) in [5.41, 5.74) is 4.46. The quantitative estimate of drug-likeness (QED) is 0.223. The second kappa shape index (κ2) is 16.0. The second-order valence-electron chi connectivity index (χ2n) is 10.8. The van der Waals surface area contributed by atoms with Crippen LogP contribution in [-0.4, -0.2) is 102 Å². The molecule has 2 aromatic rings. The highest BCUT2D eigenvalue weighted by atomic mass is 19.1. The predicted octanol–water partition coefficient (Wildman–Crippen LogP) is 3.61. The average Bonchev–Trinajstić information content (AvgIpc) is 3.61. The second-order valence-corrected chi connectivity index (χ2v) is 10.8. The first-order chi connectivity index (χ1) is 20.0. The van der Waals surface area contributed by atoms with E-state index >= 15 is 0 Å². The summed E-state index contributed by atoms with van der Waals surface area (Å²) >= 11 is 0. The molecule has 4 rings (SSSR count). The Morgan fingerprint density at radius 1 is 1.02 bits per heavy atom. The minimum Gasteiger partial charge on any atom is -0.383 e. The van der Waals surface area contributed by atoms with E-state index in [0.29, 0.717) is 64.7 Å². The Morgan fingerprint density at radius 3 is 2.46 bits per heavy atom. The Bertz CT molecular complexity index is 1130. The molecule has 224 valence electrons. The number of rotatable bonds is 17. The first-order valence-corrected chi connectivity index (χ1v) is 14.6. The fraction of sp³-hybridized carbons (Fsp3) is 0.531. The molecule has 1 saturated heterocycles. The lowest BCUT2D eigenvalue weighted by Crippen LogP contribution is -2.35. The molecule has 3 atom stereocenters. The minimum atomic E-state index is -0.201. The van der Waals surface area contributed by atoms with Gasteiger partial charge in [-0.15, -0.1) is 0 Å². The van der Waals surface area contributed by atoms with Crippen LogP contribution >= 0.6 is 0 Å². The summed E-state index contributed by atoms with van der Waals surface area (Å²) in [6.07, 6.45) is 3.17. The molecular formula is C32H45FN4O4. The van der Waals surface area contributed by atoms with Crippen molar-refractivity contribution in [2.24, 2.45) is 0 Å². The number of halogens is 1. The topological polar surface area (TPSA) is 75.3 Å². The maximum atomic E-state index is 14.8. The molecule has 0 spiro atoms. The van der Waals surface area contributed by atoms with Crippen LogP contribution in [0.3, 0.4) is 0 Å². The zero-order valence-corrected chi connectivity index (χ0v) is 24.4. The number of benzene rings is 2. The molecule has 0 bridgehead atoms. The van der Waals surface area contributed by atoms with Crippen LogP contribution in [0.4, 0.5) is 10.1 Å². The molecule has 8 nitrogen and oxygen atoms in total. The van der Waals surface area contributed by atoms with Crippen molar-refractivity contribution in [2.75, 3.05) is 85.2 Å². The van der Waals surface area contributed by atoms with Crippen molar-refractivity contribution in [3.63, 3.8) is 0 Å². The lowest BCUT2D eigenvalue weighted by atomic mass is 9.93. The zero-order chi connectivity index (χ0) is 29.0. The van der Waals surface area contributed by atoms with Gasteiger partial charge in [0.05, 0.1) is 39.6 Å². The van der Waals surface area contributed by atoms with Gasteiger partial charge in [-0.1, -0.05) is 30.8 Å². The van der Waals surface area contributed by atoms with Gasteiger partial charge in [0.2, 0.25) is 5.91 Å². The lowest BCUT2D eigenvalue weighted by Gasteiger charge is -2.26. The standard InChI is InChI=1S/C32H45FN4O4/c1-4-31(38)35-14-16-40-18-20-41-19-17-39-15-13-34-26-9-5-8-25(21-26)27-22-37(23-30(27)36(2)3)29-12-11-24-7-6-10-28(33)32(24)29/h4-10,21,27,29-30,34H,1,11-20,22-23H2,2-3H3,(H,35,38)/t27-,29+,30+/m1/s1.